The average molecular weight is 867 g/mol. The maximum atomic E-state index is 12.3. The van der Waals surface area contributed by atoms with E-state index in [0.717, 1.165) is 33.4 Å². The molecule has 8 rings (SSSR count). The first-order valence-corrected chi connectivity index (χ1v) is 20.7. The summed E-state index contributed by atoms with van der Waals surface area (Å²) in [4.78, 5) is 49.9. The lowest BCUT2D eigenvalue weighted by Gasteiger charge is -2.17. The number of aromatic nitrogens is 6. The molecule has 3 N–H and O–H groups in total. The maximum Gasteiger partial charge on any atom is 0.328 e. The number of hydrogen-bond donors (Lipinski definition) is 3. The number of anilines is 2. The van der Waals surface area contributed by atoms with E-state index < -0.39 is 18.1 Å². The second-order valence-corrected chi connectivity index (χ2v) is 14.5. The zero-order valence-corrected chi connectivity index (χ0v) is 35.5. The molecule has 14 heteroatoms. The van der Waals surface area contributed by atoms with Crippen LogP contribution in [-0.4, -0.2) is 66.1 Å². The minimum Gasteiger partial charge on any atom is -0.480 e. The number of nitrogens with one attached hydrogen (secondary N) is 2. The molecule has 0 saturated heterocycles. The van der Waals surface area contributed by atoms with Gasteiger partial charge in [0.15, 0.2) is 0 Å². The minimum atomic E-state index is -0.949. The van der Waals surface area contributed by atoms with Gasteiger partial charge in [0.25, 0.3) is 0 Å². The molecular formula is C51H46N8O6. The Hall–Kier alpha value is -8.52. The number of methoxy groups -OCH3 is 1. The molecular weight excluding hydrogens is 821 g/mol. The zero-order chi connectivity index (χ0) is 45.1. The molecule has 0 saturated carbocycles. The molecule has 0 fully saturated rings. The fraction of sp³-hybridized carbons (Fsp3) is 0.137. The number of carbonyl (C=O) groups excluding carboxylic acids is 1. The summed E-state index contributed by atoms with van der Waals surface area (Å²) in [5.74, 6) is 0.692. The third-order valence-electron chi connectivity index (χ3n) is 9.85. The first-order valence-electron chi connectivity index (χ1n) is 20.7. The van der Waals surface area contributed by atoms with E-state index in [4.69, 9.17) is 14.2 Å². The number of carbonyl (C=O) groups is 2. The first-order chi connectivity index (χ1) is 31.9. The van der Waals surface area contributed by atoms with E-state index in [-0.39, 0.29) is 5.97 Å². The van der Waals surface area contributed by atoms with Gasteiger partial charge in [-0.1, -0.05) is 121 Å². The smallest absolute Gasteiger partial charge is 0.328 e. The van der Waals surface area contributed by atoms with Gasteiger partial charge in [-0.25, -0.2) is 39.5 Å². The molecule has 4 aromatic carbocycles. The minimum absolute atomic E-state index is 0.338. The number of nitrogens with zero attached hydrogens (tertiary/aromatic N) is 6. The van der Waals surface area contributed by atoms with Crippen molar-refractivity contribution in [3.63, 3.8) is 0 Å². The Bertz CT molecular complexity index is 2700. The molecule has 0 aliphatic heterocycles. The van der Waals surface area contributed by atoms with Gasteiger partial charge in [-0.2, -0.15) is 0 Å². The molecule has 326 valence electrons. The molecule has 0 radical (unpaired) electrons. The summed E-state index contributed by atoms with van der Waals surface area (Å²) in [7, 11) is 1.38. The van der Waals surface area contributed by atoms with Gasteiger partial charge in [-0.05, 0) is 34.4 Å². The van der Waals surface area contributed by atoms with E-state index in [1.54, 1.807) is 36.7 Å². The second-order valence-electron chi connectivity index (χ2n) is 14.5. The van der Waals surface area contributed by atoms with Gasteiger partial charge in [0.05, 0.1) is 18.5 Å². The molecule has 2 unspecified atom stereocenters. The number of aliphatic carboxylic acids is 1. The van der Waals surface area contributed by atoms with Crippen molar-refractivity contribution in [2.24, 2.45) is 0 Å². The molecule has 0 amide bonds. The van der Waals surface area contributed by atoms with Crippen molar-refractivity contribution in [1.29, 1.82) is 0 Å². The van der Waals surface area contributed by atoms with Crippen LogP contribution >= 0.6 is 0 Å². The Morgan fingerprint density at radius 3 is 1.29 bits per heavy atom. The number of rotatable bonds is 18. The lowest BCUT2D eigenvalue weighted by atomic mass is 10.1. The third kappa shape index (κ3) is 13.7. The molecule has 2 atom stereocenters. The van der Waals surface area contributed by atoms with Crippen molar-refractivity contribution in [2.75, 3.05) is 17.7 Å². The average Bonchev–Trinajstić information content (AvgIpc) is 3.36. The Balaban J connectivity index is 0.000000194. The molecule has 8 aromatic rings. The van der Waals surface area contributed by atoms with Gasteiger partial charge in [-0.15, -0.1) is 0 Å². The maximum absolute atomic E-state index is 12.3. The van der Waals surface area contributed by atoms with Crippen molar-refractivity contribution >= 4 is 23.6 Å². The predicted molar refractivity (Wildman–Crippen MR) is 247 cm³/mol. The van der Waals surface area contributed by atoms with Crippen molar-refractivity contribution in [3.05, 3.63) is 205 Å². The summed E-state index contributed by atoms with van der Waals surface area (Å²) in [6.07, 6.45) is 7.04. The van der Waals surface area contributed by atoms with E-state index in [0.29, 0.717) is 60.8 Å². The van der Waals surface area contributed by atoms with Crippen LogP contribution in [0.2, 0.25) is 0 Å². The highest BCUT2D eigenvalue weighted by molar-refractivity contribution is 5.80. The third-order valence-corrected chi connectivity index (χ3v) is 9.85. The lowest BCUT2D eigenvalue weighted by molar-refractivity contribution is -0.141. The number of ether oxygens (including phenoxy) is 3. The van der Waals surface area contributed by atoms with Crippen LogP contribution in [0.4, 0.5) is 11.6 Å². The Morgan fingerprint density at radius 1 is 0.508 bits per heavy atom. The molecule has 14 nitrogen and oxygen atoms in total. The summed E-state index contributed by atoms with van der Waals surface area (Å²) >= 11 is 0. The number of carboxylic acids is 1. The highest BCUT2D eigenvalue weighted by atomic mass is 16.5. The second kappa shape index (κ2) is 23.1. The van der Waals surface area contributed by atoms with Crippen LogP contribution in [0.1, 0.15) is 22.3 Å². The van der Waals surface area contributed by atoms with E-state index in [9.17, 15) is 14.7 Å². The van der Waals surface area contributed by atoms with Crippen LogP contribution in [0.25, 0.3) is 22.5 Å². The number of esters is 1. The molecule has 0 spiro atoms. The summed E-state index contributed by atoms with van der Waals surface area (Å²) in [6.45, 7) is 0.887. The van der Waals surface area contributed by atoms with Crippen LogP contribution in [0.15, 0.2) is 183 Å². The highest BCUT2D eigenvalue weighted by Gasteiger charge is 2.21. The zero-order valence-electron chi connectivity index (χ0n) is 35.5. The largest absolute Gasteiger partial charge is 0.480 e. The normalized spacial score (nSPS) is 11.5. The molecule has 4 aromatic heterocycles. The van der Waals surface area contributed by atoms with Gasteiger partial charge in [0.2, 0.25) is 11.8 Å². The topological polar surface area (TPSA) is 183 Å². The van der Waals surface area contributed by atoms with Gasteiger partial charge in [0, 0.05) is 60.6 Å². The lowest BCUT2D eigenvalue weighted by Crippen LogP contribution is -2.33. The van der Waals surface area contributed by atoms with Crippen LogP contribution < -0.4 is 20.1 Å². The van der Waals surface area contributed by atoms with Gasteiger partial charge >= 0.3 is 11.9 Å². The van der Waals surface area contributed by atoms with Gasteiger partial charge < -0.3 is 30.0 Å². The van der Waals surface area contributed by atoms with E-state index in [2.05, 4.69) is 40.5 Å². The Labute approximate surface area is 376 Å². The van der Waals surface area contributed by atoms with Crippen LogP contribution in [-0.2, 0) is 40.4 Å². The highest BCUT2D eigenvalue weighted by Crippen LogP contribution is 2.23. The van der Waals surface area contributed by atoms with E-state index >= 15 is 0 Å². The van der Waals surface area contributed by atoms with Gasteiger partial charge in [-0.3, -0.25) is 0 Å². The fourth-order valence-electron chi connectivity index (χ4n) is 6.48. The number of pyridine rings is 2. The summed E-state index contributed by atoms with van der Waals surface area (Å²) < 4.78 is 16.4. The van der Waals surface area contributed by atoms with E-state index in [1.165, 1.54) is 19.8 Å². The van der Waals surface area contributed by atoms with Crippen molar-refractivity contribution < 1.29 is 28.9 Å². The SMILES string of the molecule is COC(=O)C(Cc1ccccc1)Nc1cc(-c2ccc(OCc3ccccc3)nc2)ncn1.O=C(O)C(Cc1ccccc1)Nc1cc(-c2ccc(OCc3ccccc3)nc2)ncn1. The number of carboxylic acid groups (broad SMARTS) is 1. The quantitative estimate of drug-likeness (QED) is 0.0698. The summed E-state index contributed by atoms with van der Waals surface area (Å²) in [5, 5.41) is 15.8. The fourth-order valence-corrected chi connectivity index (χ4v) is 6.48. The van der Waals surface area contributed by atoms with Crippen molar-refractivity contribution in [2.45, 2.75) is 38.1 Å². The number of hydrogen-bond acceptors (Lipinski definition) is 13. The predicted octanol–water partition coefficient (Wildman–Crippen LogP) is 8.54. The van der Waals surface area contributed by atoms with Crippen molar-refractivity contribution in [3.8, 4) is 34.3 Å². The Kier molecular flexibility index (Phi) is 15.8. The first kappa shape index (κ1) is 44.5. The molecule has 0 aliphatic rings. The molecule has 0 aliphatic carbocycles. The molecule has 65 heavy (non-hydrogen) atoms. The van der Waals surface area contributed by atoms with Gasteiger partial charge in [0.1, 0.15) is 49.6 Å². The molecule has 0 bridgehead atoms. The summed E-state index contributed by atoms with van der Waals surface area (Å²) in [6, 6.07) is 48.4. The monoisotopic (exact) mass is 866 g/mol. The molecule has 4 heterocycles. The van der Waals surface area contributed by atoms with Crippen LogP contribution in [0.3, 0.4) is 0 Å². The van der Waals surface area contributed by atoms with Crippen molar-refractivity contribution in [1.82, 2.24) is 29.9 Å². The summed E-state index contributed by atoms with van der Waals surface area (Å²) in [5.41, 5.74) is 6.98. The van der Waals surface area contributed by atoms with Crippen LogP contribution in [0, 0.1) is 0 Å². The standard InChI is InChI=1S/C26H24N4O3.C25H22N4O3/c1-32-26(31)23(14-19-8-4-2-5-9-19)30-24-15-22(28-18-29-24)21-12-13-25(27-16-21)33-17-20-10-6-3-7-11-20;30-25(31)22(13-18-7-3-1-4-8-18)29-23-14-21(27-17-28-23)20-11-12-24(26-15-20)32-16-19-9-5-2-6-10-19/h2-13,15-16,18,23H,14,17H2,1H3,(H,28,29,30);1-12,14-15,17,22H,13,16H2,(H,30,31)(H,27,28,29). The van der Waals surface area contributed by atoms with E-state index in [1.807, 2.05) is 133 Å². The number of benzene rings is 4. The van der Waals surface area contributed by atoms with Crippen LogP contribution in [0.5, 0.6) is 11.8 Å². The Morgan fingerprint density at radius 2 is 0.908 bits per heavy atom.